The van der Waals surface area contributed by atoms with Gasteiger partial charge in [0.05, 0.1) is 18.6 Å². The molecule has 88 valence electrons. The van der Waals surface area contributed by atoms with Gasteiger partial charge in [-0.1, -0.05) is 0 Å². The Morgan fingerprint density at radius 1 is 1.35 bits per heavy atom. The molecule has 1 aromatic heterocycles. The van der Waals surface area contributed by atoms with Gasteiger partial charge in [0.1, 0.15) is 5.58 Å². The lowest BCUT2D eigenvalue weighted by molar-refractivity contribution is 0.111. The fraction of sp³-hybridized carbons (Fsp3) is 0.0909. The summed E-state index contributed by atoms with van der Waals surface area (Å²) in [6, 6.07) is 5.90. The summed E-state index contributed by atoms with van der Waals surface area (Å²) < 4.78 is 14.2. The number of hydrogen-bond donors (Lipinski definition) is 1. The largest absolute Gasteiger partial charge is 0.516 e. The second-order valence-electron chi connectivity index (χ2n) is 3.17. The molecule has 1 heterocycles. The van der Waals surface area contributed by atoms with Crippen molar-refractivity contribution in [3.63, 3.8) is 0 Å². The smallest absolute Gasteiger partial charge is 0.437 e. The highest BCUT2D eigenvalue weighted by Crippen LogP contribution is 2.20. The van der Waals surface area contributed by atoms with Crippen LogP contribution in [0.4, 0.5) is 4.79 Å². The first kappa shape index (κ1) is 11.5. The normalized spacial score (nSPS) is 10.2. The van der Waals surface area contributed by atoms with Crippen molar-refractivity contribution >= 4 is 29.8 Å². The predicted octanol–water partition coefficient (Wildman–Crippen LogP) is 2.23. The van der Waals surface area contributed by atoms with E-state index in [0.717, 1.165) is 13.2 Å². The van der Waals surface area contributed by atoms with Crippen molar-refractivity contribution in [1.82, 2.24) is 0 Å². The standard InChI is InChI=1S/C11H8O5S/c1-14-11(13)16-10-5-8(12)7-3-2-6(17)4-9(7)15-10/h2-5,17H,1H3. The van der Waals surface area contributed by atoms with E-state index in [0.29, 0.717) is 15.9 Å². The Morgan fingerprint density at radius 2 is 2.12 bits per heavy atom. The number of carbonyl (C=O) groups excluding carboxylic acids is 1. The van der Waals surface area contributed by atoms with E-state index in [9.17, 15) is 9.59 Å². The number of methoxy groups -OCH3 is 1. The maximum absolute atomic E-state index is 11.7. The summed E-state index contributed by atoms with van der Waals surface area (Å²) in [5.74, 6) is -0.215. The molecule has 6 heteroatoms. The van der Waals surface area contributed by atoms with Crippen molar-refractivity contribution < 1.29 is 18.7 Å². The highest BCUT2D eigenvalue weighted by Gasteiger charge is 2.10. The van der Waals surface area contributed by atoms with E-state index >= 15 is 0 Å². The Kier molecular flexibility index (Phi) is 3.06. The molecule has 0 saturated heterocycles. The van der Waals surface area contributed by atoms with Gasteiger partial charge in [-0.15, -0.1) is 12.6 Å². The van der Waals surface area contributed by atoms with Crippen molar-refractivity contribution in [3.8, 4) is 5.95 Å². The van der Waals surface area contributed by atoms with Crippen LogP contribution < -0.4 is 10.2 Å². The number of benzene rings is 1. The number of carbonyl (C=O) groups is 1. The zero-order valence-electron chi connectivity index (χ0n) is 8.80. The van der Waals surface area contributed by atoms with Gasteiger partial charge in [0, 0.05) is 4.90 Å². The molecule has 0 unspecified atom stereocenters. The lowest BCUT2D eigenvalue weighted by atomic mass is 10.2. The number of rotatable bonds is 1. The van der Waals surface area contributed by atoms with Gasteiger partial charge < -0.3 is 13.9 Å². The fourth-order valence-corrected chi connectivity index (χ4v) is 1.49. The van der Waals surface area contributed by atoms with E-state index < -0.39 is 6.16 Å². The van der Waals surface area contributed by atoms with Crippen LogP contribution >= 0.6 is 12.6 Å². The van der Waals surface area contributed by atoms with Crippen molar-refractivity contribution in [2.24, 2.45) is 0 Å². The first-order chi connectivity index (χ1) is 8.10. The van der Waals surface area contributed by atoms with Crippen LogP contribution in [0.2, 0.25) is 0 Å². The Hall–Kier alpha value is -1.95. The summed E-state index contributed by atoms with van der Waals surface area (Å²) in [6.45, 7) is 0. The molecular weight excluding hydrogens is 244 g/mol. The topological polar surface area (TPSA) is 65.7 Å². The molecule has 17 heavy (non-hydrogen) atoms. The quantitative estimate of drug-likeness (QED) is 0.622. The minimum Gasteiger partial charge on any atom is -0.437 e. The lowest BCUT2D eigenvalue weighted by Gasteiger charge is -2.02. The minimum atomic E-state index is -0.950. The molecule has 1 aromatic carbocycles. The summed E-state index contributed by atoms with van der Waals surface area (Å²) in [6.07, 6.45) is -0.950. The van der Waals surface area contributed by atoms with Crippen molar-refractivity contribution in [2.45, 2.75) is 4.90 Å². The molecule has 0 atom stereocenters. The molecule has 2 aromatic rings. The second-order valence-corrected chi connectivity index (χ2v) is 3.68. The Labute approximate surface area is 101 Å². The van der Waals surface area contributed by atoms with E-state index in [-0.39, 0.29) is 11.4 Å². The van der Waals surface area contributed by atoms with Crippen LogP contribution in [0.5, 0.6) is 5.95 Å². The molecule has 0 N–H and O–H groups in total. The van der Waals surface area contributed by atoms with Crippen LogP contribution in [0.1, 0.15) is 0 Å². The van der Waals surface area contributed by atoms with Crippen LogP contribution in [0.25, 0.3) is 11.0 Å². The number of hydrogen-bond acceptors (Lipinski definition) is 6. The molecule has 0 aliphatic rings. The highest BCUT2D eigenvalue weighted by molar-refractivity contribution is 7.80. The molecule has 0 saturated carbocycles. The van der Waals surface area contributed by atoms with Crippen molar-refractivity contribution in [1.29, 1.82) is 0 Å². The molecule has 0 radical (unpaired) electrons. The van der Waals surface area contributed by atoms with Crippen LogP contribution in [0.3, 0.4) is 0 Å². The third-order valence-corrected chi connectivity index (χ3v) is 2.32. The van der Waals surface area contributed by atoms with Gasteiger partial charge in [0.2, 0.25) is 0 Å². The van der Waals surface area contributed by atoms with E-state index in [4.69, 9.17) is 4.42 Å². The summed E-state index contributed by atoms with van der Waals surface area (Å²) in [5.41, 5.74) is -0.0117. The van der Waals surface area contributed by atoms with Crippen LogP contribution in [-0.4, -0.2) is 13.3 Å². The first-order valence-electron chi connectivity index (χ1n) is 4.63. The number of thiol groups is 1. The van der Waals surface area contributed by atoms with Crippen LogP contribution in [0, 0.1) is 0 Å². The fourth-order valence-electron chi connectivity index (χ4n) is 1.30. The van der Waals surface area contributed by atoms with Crippen LogP contribution in [-0.2, 0) is 4.74 Å². The third kappa shape index (κ3) is 2.42. The Morgan fingerprint density at radius 3 is 2.82 bits per heavy atom. The molecule has 0 fully saturated rings. The maximum atomic E-state index is 11.7. The van der Waals surface area contributed by atoms with E-state index in [1.165, 1.54) is 0 Å². The molecule has 0 aliphatic carbocycles. The zero-order valence-corrected chi connectivity index (χ0v) is 9.69. The SMILES string of the molecule is COC(=O)Oc1cc(=O)c2ccc(S)cc2o1. The summed E-state index contributed by atoms with van der Waals surface area (Å²) in [4.78, 5) is 23.2. The lowest BCUT2D eigenvalue weighted by Crippen LogP contribution is -2.09. The molecule has 0 amide bonds. The van der Waals surface area contributed by atoms with Gasteiger partial charge in [-0.25, -0.2) is 4.79 Å². The van der Waals surface area contributed by atoms with Crippen molar-refractivity contribution in [2.75, 3.05) is 7.11 Å². The molecular formula is C11H8O5S. The molecule has 5 nitrogen and oxygen atoms in total. The van der Waals surface area contributed by atoms with E-state index in [1.54, 1.807) is 18.2 Å². The molecule has 0 aliphatic heterocycles. The Balaban J connectivity index is 2.54. The summed E-state index contributed by atoms with van der Waals surface area (Å²) in [5, 5.41) is 0.389. The van der Waals surface area contributed by atoms with Gasteiger partial charge >= 0.3 is 6.16 Å². The Bertz CT molecular complexity index is 631. The minimum absolute atomic E-state index is 0.215. The van der Waals surface area contributed by atoms with Gasteiger partial charge in [-0.3, -0.25) is 4.79 Å². The average Bonchev–Trinajstić information content (AvgIpc) is 2.28. The maximum Gasteiger partial charge on any atom is 0.516 e. The summed E-state index contributed by atoms with van der Waals surface area (Å²) >= 11 is 4.12. The van der Waals surface area contributed by atoms with Crippen LogP contribution in [0.15, 0.2) is 38.4 Å². The molecule has 2 rings (SSSR count). The molecule has 0 bridgehead atoms. The van der Waals surface area contributed by atoms with Crippen molar-refractivity contribution in [3.05, 3.63) is 34.5 Å². The first-order valence-corrected chi connectivity index (χ1v) is 5.07. The van der Waals surface area contributed by atoms with Gasteiger partial charge in [0.25, 0.3) is 5.95 Å². The summed E-state index contributed by atoms with van der Waals surface area (Å²) in [7, 11) is 1.16. The number of fused-ring (bicyclic) bond motifs is 1. The number of ether oxygens (including phenoxy) is 2. The predicted molar refractivity (Wildman–Crippen MR) is 62.8 cm³/mol. The highest BCUT2D eigenvalue weighted by atomic mass is 32.1. The zero-order chi connectivity index (χ0) is 12.4. The van der Waals surface area contributed by atoms with E-state index in [2.05, 4.69) is 22.1 Å². The van der Waals surface area contributed by atoms with Gasteiger partial charge in [-0.2, -0.15) is 0 Å². The monoisotopic (exact) mass is 252 g/mol. The molecule has 0 spiro atoms. The second kappa shape index (κ2) is 4.50. The van der Waals surface area contributed by atoms with Gasteiger partial charge in [0.15, 0.2) is 5.43 Å². The third-order valence-electron chi connectivity index (χ3n) is 2.04. The average molecular weight is 252 g/mol. The van der Waals surface area contributed by atoms with Gasteiger partial charge in [-0.05, 0) is 18.2 Å². The van der Waals surface area contributed by atoms with E-state index in [1.807, 2.05) is 0 Å².